The SMILES string of the molecule is CC1(CNCC(C#N)c2ccccc2)CCCS1. The highest BCUT2D eigenvalue weighted by Gasteiger charge is 2.29. The largest absolute Gasteiger partial charge is 0.314 e. The van der Waals surface area contributed by atoms with E-state index in [4.69, 9.17) is 0 Å². The molecule has 0 aromatic heterocycles. The molecule has 0 radical (unpaired) electrons. The lowest BCUT2D eigenvalue weighted by molar-refractivity contribution is 0.530. The Kier molecular flexibility index (Phi) is 4.68. The maximum atomic E-state index is 9.24. The van der Waals surface area contributed by atoms with Gasteiger partial charge in [-0.05, 0) is 31.1 Å². The lowest BCUT2D eigenvalue weighted by atomic mass is 10.00. The molecule has 0 aliphatic carbocycles. The van der Waals surface area contributed by atoms with Gasteiger partial charge in [-0.2, -0.15) is 17.0 Å². The number of hydrogen-bond donors (Lipinski definition) is 1. The highest BCUT2D eigenvalue weighted by molar-refractivity contribution is 8.00. The Balaban J connectivity index is 1.83. The van der Waals surface area contributed by atoms with E-state index in [0.29, 0.717) is 4.75 Å². The zero-order chi connectivity index (χ0) is 12.8. The fraction of sp³-hybridized carbons (Fsp3) is 0.533. The van der Waals surface area contributed by atoms with Crippen LogP contribution in [0.25, 0.3) is 0 Å². The van der Waals surface area contributed by atoms with E-state index in [9.17, 15) is 5.26 Å². The summed E-state index contributed by atoms with van der Waals surface area (Å²) in [5.74, 6) is 1.24. The molecule has 1 aromatic rings. The molecule has 96 valence electrons. The highest BCUT2D eigenvalue weighted by atomic mass is 32.2. The van der Waals surface area contributed by atoms with Crippen LogP contribution in [0.3, 0.4) is 0 Å². The van der Waals surface area contributed by atoms with Gasteiger partial charge in [0.25, 0.3) is 0 Å². The maximum absolute atomic E-state index is 9.24. The van der Waals surface area contributed by atoms with Gasteiger partial charge in [0.1, 0.15) is 0 Å². The topological polar surface area (TPSA) is 35.8 Å². The van der Waals surface area contributed by atoms with Crippen LogP contribution in [0, 0.1) is 11.3 Å². The predicted octanol–water partition coefficient (Wildman–Crippen LogP) is 3.17. The summed E-state index contributed by atoms with van der Waals surface area (Å²) in [5.41, 5.74) is 1.11. The Morgan fingerprint density at radius 1 is 1.44 bits per heavy atom. The predicted molar refractivity (Wildman–Crippen MR) is 77.8 cm³/mol. The van der Waals surface area contributed by atoms with Crippen LogP contribution in [0.2, 0.25) is 0 Å². The molecule has 1 aromatic carbocycles. The summed E-state index contributed by atoms with van der Waals surface area (Å²) in [6.45, 7) is 4.07. The summed E-state index contributed by atoms with van der Waals surface area (Å²) in [5, 5.41) is 12.7. The van der Waals surface area contributed by atoms with Crippen molar-refractivity contribution in [1.82, 2.24) is 5.32 Å². The first-order valence-corrected chi connectivity index (χ1v) is 7.51. The summed E-state index contributed by atoms with van der Waals surface area (Å²) in [6, 6.07) is 12.4. The summed E-state index contributed by atoms with van der Waals surface area (Å²) in [6.07, 6.45) is 2.61. The van der Waals surface area contributed by atoms with Gasteiger partial charge in [-0.3, -0.25) is 0 Å². The molecule has 1 N–H and O–H groups in total. The monoisotopic (exact) mass is 260 g/mol. The minimum Gasteiger partial charge on any atom is -0.314 e. The van der Waals surface area contributed by atoms with Gasteiger partial charge in [-0.15, -0.1) is 0 Å². The van der Waals surface area contributed by atoms with E-state index in [2.05, 4.69) is 30.1 Å². The molecule has 1 fully saturated rings. The molecule has 1 aliphatic rings. The molecule has 1 heterocycles. The number of benzene rings is 1. The summed E-state index contributed by atoms with van der Waals surface area (Å²) in [4.78, 5) is 0. The second kappa shape index (κ2) is 6.26. The van der Waals surface area contributed by atoms with Crippen LogP contribution in [0.5, 0.6) is 0 Å². The summed E-state index contributed by atoms with van der Waals surface area (Å²) in [7, 11) is 0. The van der Waals surface area contributed by atoms with Crippen LogP contribution >= 0.6 is 11.8 Å². The van der Waals surface area contributed by atoms with Gasteiger partial charge in [0.15, 0.2) is 0 Å². The van der Waals surface area contributed by atoms with E-state index in [0.717, 1.165) is 18.7 Å². The molecule has 2 unspecified atom stereocenters. The van der Waals surface area contributed by atoms with Crippen molar-refractivity contribution in [2.75, 3.05) is 18.8 Å². The van der Waals surface area contributed by atoms with Crippen LogP contribution in [0.1, 0.15) is 31.2 Å². The van der Waals surface area contributed by atoms with Crippen molar-refractivity contribution in [3.05, 3.63) is 35.9 Å². The molecule has 2 nitrogen and oxygen atoms in total. The Bertz CT molecular complexity index is 404. The van der Waals surface area contributed by atoms with Crippen molar-refractivity contribution < 1.29 is 0 Å². The van der Waals surface area contributed by atoms with Crippen LogP contribution in [0.4, 0.5) is 0 Å². The molecular weight excluding hydrogens is 240 g/mol. The number of nitriles is 1. The van der Waals surface area contributed by atoms with E-state index in [1.807, 2.05) is 30.3 Å². The maximum Gasteiger partial charge on any atom is 0.0837 e. The summed E-state index contributed by atoms with van der Waals surface area (Å²) >= 11 is 2.05. The quantitative estimate of drug-likeness (QED) is 0.883. The van der Waals surface area contributed by atoms with Crippen molar-refractivity contribution in [2.45, 2.75) is 30.4 Å². The number of nitrogens with one attached hydrogen (secondary N) is 1. The van der Waals surface area contributed by atoms with Gasteiger partial charge >= 0.3 is 0 Å². The number of thioether (sulfide) groups is 1. The fourth-order valence-corrected chi connectivity index (χ4v) is 3.65. The minimum absolute atomic E-state index is 0.0406. The van der Waals surface area contributed by atoms with E-state index >= 15 is 0 Å². The smallest absolute Gasteiger partial charge is 0.0837 e. The zero-order valence-corrected chi connectivity index (χ0v) is 11.7. The van der Waals surface area contributed by atoms with E-state index in [-0.39, 0.29) is 5.92 Å². The van der Waals surface area contributed by atoms with Gasteiger partial charge in [0, 0.05) is 17.8 Å². The van der Waals surface area contributed by atoms with Crippen LogP contribution in [-0.2, 0) is 0 Å². The van der Waals surface area contributed by atoms with Crippen molar-refractivity contribution in [3.63, 3.8) is 0 Å². The van der Waals surface area contributed by atoms with E-state index in [1.165, 1.54) is 18.6 Å². The summed E-state index contributed by atoms with van der Waals surface area (Å²) < 4.78 is 0.372. The molecular formula is C15H20N2S. The number of nitrogens with zero attached hydrogens (tertiary/aromatic N) is 1. The molecule has 0 saturated carbocycles. The fourth-order valence-electron chi connectivity index (χ4n) is 2.38. The molecule has 0 spiro atoms. The molecule has 3 heteroatoms. The van der Waals surface area contributed by atoms with Gasteiger partial charge in [-0.1, -0.05) is 30.3 Å². The number of rotatable bonds is 5. The molecule has 2 atom stereocenters. The van der Waals surface area contributed by atoms with Crippen molar-refractivity contribution in [2.24, 2.45) is 0 Å². The third kappa shape index (κ3) is 3.51. The first-order valence-electron chi connectivity index (χ1n) is 6.53. The lowest BCUT2D eigenvalue weighted by Gasteiger charge is -2.23. The Hall–Kier alpha value is -0.980. The van der Waals surface area contributed by atoms with Crippen LogP contribution < -0.4 is 5.32 Å². The van der Waals surface area contributed by atoms with Crippen LogP contribution in [-0.4, -0.2) is 23.6 Å². The first-order chi connectivity index (χ1) is 8.73. The Morgan fingerprint density at radius 3 is 2.83 bits per heavy atom. The molecule has 1 saturated heterocycles. The molecule has 1 aliphatic heterocycles. The van der Waals surface area contributed by atoms with Gasteiger partial charge < -0.3 is 5.32 Å². The van der Waals surface area contributed by atoms with Gasteiger partial charge in [0.05, 0.1) is 12.0 Å². The second-order valence-corrected chi connectivity index (χ2v) is 6.81. The van der Waals surface area contributed by atoms with Crippen molar-refractivity contribution in [1.29, 1.82) is 5.26 Å². The van der Waals surface area contributed by atoms with E-state index in [1.54, 1.807) is 0 Å². The zero-order valence-electron chi connectivity index (χ0n) is 10.9. The molecule has 2 rings (SSSR count). The third-order valence-electron chi connectivity index (χ3n) is 3.51. The Labute approximate surface area is 114 Å². The average molecular weight is 260 g/mol. The van der Waals surface area contributed by atoms with Crippen LogP contribution in [0.15, 0.2) is 30.3 Å². The molecule has 0 bridgehead atoms. The lowest BCUT2D eigenvalue weighted by Crippen LogP contribution is -2.35. The normalized spacial score (nSPS) is 24.7. The van der Waals surface area contributed by atoms with Crippen molar-refractivity contribution in [3.8, 4) is 6.07 Å². The standard InChI is InChI=1S/C15H20N2S/c1-15(8-5-9-18-15)12-17-11-14(10-16)13-6-3-2-4-7-13/h2-4,6-7,14,17H,5,8-9,11-12H2,1H3. The van der Waals surface area contributed by atoms with Gasteiger partial charge in [0.2, 0.25) is 0 Å². The molecule has 0 amide bonds. The minimum atomic E-state index is -0.0406. The van der Waals surface area contributed by atoms with Gasteiger partial charge in [-0.25, -0.2) is 0 Å². The highest BCUT2D eigenvalue weighted by Crippen LogP contribution is 2.37. The average Bonchev–Trinajstić information content (AvgIpc) is 2.83. The second-order valence-electron chi connectivity index (χ2n) is 5.13. The molecule has 18 heavy (non-hydrogen) atoms. The first kappa shape index (κ1) is 13.5. The van der Waals surface area contributed by atoms with E-state index < -0.39 is 0 Å². The number of hydrogen-bond acceptors (Lipinski definition) is 3. The van der Waals surface area contributed by atoms with Crippen molar-refractivity contribution >= 4 is 11.8 Å². The Morgan fingerprint density at radius 2 is 2.22 bits per heavy atom. The third-order valence-corrected chi connectivity index (χ3v) is 5.04.